The van der Waals surface area contributed by atoms with Crippen molar-refractivity contribution in [3.8, 4) is 17.2 Å². The van der Waals surface area contributed by atoms with Crippen molar-refractivity contribution < 1.29 is 23.4 Å². The number of rotatable bonds is 9. The lowest BCUT2D eigenvalue weighted by molar-refractivity contribution is -0.128. The molecule has 5 nitrogen and oxygen atoms in total. The summed E-state index contributed by atoms with van der Waals surface area (Å²) >= 11 is 0. The van der Waals surface area contributed by atoms with Crippen molar-refractivity contribution in [1.82, 2.24) is 5.32 Å². The van der Waals surface area contributed by atoms with Crippen molar-refractivity contribution in [3.05, 3.63) is 54.3 Å². The van der Waals surface area contributed by atoms with Crippen molar-refractivity contribution >= 4 is 5.91 Å². The molecule has 0 saturated heterocycles. The van der Waals surface area contributed by atoms with Gasteiger partial charge in [0.05, 0.1) is 13.7 Å². The van der Waals surface area contributed by atoms with E-state index in [0.717, 1.165) is 0 Å². The first kappa shape index (κ1) is 18.6. The van der Waals surface area contributed by atoms with E-state index in [2.05, 4.69) is 5.32 Å². The van der Waals surface area contributed by atoms with Gasteiger partial charge in [0.15, 0.2) is 6.10 Å². The van der Waals surface area contributed by atoms with Gasteiger partial charge in [-0.3, -0.25) is 4.79 Å². The van der Waals surface area contributed by atoms with Gasteiger partial charge in [-0.2, -0.15) is 0 Å². The fourth-order valence-electron chi connectivity index (χ4n) is 2.15. The van der Waals surface area contributed by atoms with Crippen molar-refractivity contribution in [1.29, 1.82) is 0 Å². The highest BCUT2D eigenvalue weighted by Gasteiger charge is 2.18. The summed E-state index contributed by atoms with van der Waals surface area (Å²) in [5, 5.41) is 2.77. The molecule has 25 heavy (non-hydrogen) atoms. The first-order valence-electron chi connectivity index (χ1n) is 8.09. The van der Waals surface area contributed by atoms with Crippen molar-refractivity contribution in [2.75, 3.05) is 20.3 Å². The fourth-order valence-corrected chi connectivity index (χ4v) is 2.15. The Morgan fingerprint density at radius 1 is 1.12 bits per heavy atom. The Labute approximate surface area is 146 Å². The standard InChI is InChI=1S/C19H22FNO4/c1-3-18(25-17-6-4-5-16(13-17)23-2)19(22)21-11-12-24-15-9-7-14(20)8-10-15/h4-10,13,18H,3,11-12H2,1-2H3,(H,21,22)/t18-/m1/s1. The number of carbonyl (C=O) groups is 1. The van der Waals surface area contributed by atoms with E-state index in [1.807, 2.05) is 6.92 Å². The molecule has 134 valence electrons. The molecule has 0 aromatic heterocycles. The van der Waals surface area contributed by atoms with Crippen LogP contribution in [0.2, 0.25) is 0 Å². The molecule has 2 aromatic rings. The lowest BCUT2D eigenvalue weighted by Gasteiger charge is -2.17. The number of carbonyl (C=O) groups excluding carboxylic acids is 1. The molecule has 1 N–H and O–H groups in total. The van der Waals surface area contributed by atoms with Crippen LogP contribution in [0.15, 0.2) is 48.5 Å². The van der Waals surface area contributed by atoms with Crippen LogP contribution >= 0.6 is 0 Å². The molecule has 0 aliphatic heterocycles. The zero-order chi connectivity index (χ0) is 18.1. The zero-order valence-electron chi connectivity index (χ0n) is 14.3. The van der Waals surface area contributed by atoms with Gasteiger partial charge in [0.25, 0.3) is 5.91 Å². The molecule has 0 radical (unpaired) electrons. The van der Waals surface area contributed by atoms with Crippen LogP contribution in [0.5, 0.6) is 17.2 Å². The second kappa shape index (κ2) is 9.52. The third-order valence-electron chi connectivity index (χ3n) is 3.47. The lowest BCUT2D eigenvalue weighted by Crippen LogP contribution is -2.39. The van der Waals surface area contributed by atoms with Gasteiger partial charge in [-0.1, -0.05) is 13.0 Å². The molecule has 0 heterocycles. The van der Waals surface area contributed by atoms with E-state index in [1.54, 1.807) is 31.4 Å². The summed E-state index contributed by atoms with van der Waals surface area (Å²) < 4.78 is 29.1. The van der Waals surface area contributed by atoms with E-state index >= 15 is 0 Å². The molecule has 0 fully saturated rings. The van der Waals surface area contributed by atoms with Crippen LogP contribution < -0.4 is 19.5 Å². The minimum atomic E-state index is -0.599. The van der Waals surface area contributed by atoms with E-state index in [9.17, 15) is 9.18 Å². The lowest BCUT2D eigenvalue weighted by atomic mass is 10.2. The molecule has 1 amide bonds. The van der Waals surface area contributed by atoms with Crippen molar-refractivity contribution in [2.24, 2.45) is 0 Å². The summed E-state index contributed by atoms with van der Waals surface area (Å²) in [6, 6.07) is 12.8. The quantitative estimate of drug-likeness (QED) is 0.708. The van der Waals surface area contributed by atoms with Gasteiger partial charge in [0.1, 0.15) is 29.7 Å². The van der Waals surface area contributed by atoms with E-state index in [0.29, 0.717) is 30.2 Å². The first-order valence-corrected chi connectivity index (χ1v) is 8.09. The number of methoxy groups -OCH3 is 1. The maximum absolute atomic E-state index is 12.8. The number of ether oxygens (including phenoxy) is 3. The highest BCUT2D eigenvalue weighted by atomic mass is 19.1. The Morgan fingerprint density at radius 2 is 1.84 bits per heavy atom. The summed E-state index contributed by atoms with van der Waals surface area (Å²) in [5.41, 5.74) is 0. The fraction of sp³-hybridized carbons (Fsp3) is 0.316. The Bertz CT molecular complexity index is 675. The predicted octanol–water partition coefficient (Wildman–Crippen LogP) is 3.19. The molecule has 0 saturated carbocycles. The van der Waals surface area contributed by atoms with Gasteiger partial charge in [-0.15, -0.1) is 0 Å². The Kier molecular flexibility index (Phi) is 7.07. The van der Waals surface area contributed by atoms with Gasteiger partial charge in [0, 0.05) is 6.07 Å². The first-order chi connectivity index (χ1) is 12.1. The van der Waals surface area contributed by atoms with Gasteiger partial charge in [-0.25, -0.2) is 4.39 Å². The summed E-state index contributed by atoms with van der Waals surface area (Å²) in [4.78, 5) is 12.2. The number of hydrogen-bond donors (Lipinski definition) is 1. The van der Waals surface area contributed by atoms with Crippen molar-refractivity contribution in [2.45, 2.75) is 19.4 Å². The van der Waals surface area contributed by atoms with Crippen LogP contribution in [0.25, 0.3) is 0 Å². The van der Waals surface area contributed by atoms with E-state index in [4.69, 9.17) is 14.2 Å². The largest absolute Gasteiger partial charge is 0.497 e. The number of amides is 1. The highest BCUT2D eigenvalue weighted by molar-refractivity contribution is 5.81. The number of halogens is 1. The number of nitrogens with one attached hydrogen (secondary N) is 1. The van der Waals surface area contributed by atoms with Crippen LogP contribution in [0.3, 0.4) is 0 Å². The van der Waals surface area contributed by atoms with Crippen molar-refractivity contribution in [3.63, 3.8) is 0 Å². The van der Waals surface area contributed by atoms with Crippen LogP contribution in [0.1, 0.15) is 13.3 Å². The monoisotopic (exact) mass is 347 g/mol. The van der Waals surface area contributed by atoms with Gasteiger partial charge >= 0.3 is 0 Å². The highest BCUT2D eigenvalue weighted by Crippen LogP contribution is 2.20. The van der Waals surface area contributed by atoms with Gasteiger partial charge in [-0.05, 0) is 42.8 Å². The molecule has 0 bridgehead atoms. The summed E-state index contributed by atoms with van der Waals surface area (Å²) in [5.74, 6) is 1.26. The molecule has 0 aliphatic rings. The van der Waals surface area contributed by atoms with Gasteiger partial charge in [0.2, 0.25) is 0 Å². The Balaban J connectivity index is 1.78. The second-order valence-corrected chi connectivity index (χ2v) is 5.29. The normalized spacial score (nSPS) is 11.5. The predicted molar refractivity (Wildman–Crippen MR) is 92.6 cm³/mol. The summed E-state index contributed by atoms with van der Waals surface area (Å²) in [7, 11) is 1.57. The molecule has 6 heteroatoms. The Morgan fingerprint density at radius 3 is 2.52 bits per heavy atom. The maximum Gasteiger partial charge on any atom is 0.261 e. The van der Waals surface area contributed by atoms with Crippen LogP contribution in [-0.4, -0.2) is 32.3 Å². The van der Waals surface area contributed by atoms with E-state index in [1.165, 1.54) is 24.3 Å². The summed E-state index contributed by atoms with van der Waals surface area (Å²) in [6.07, 6.45) is -0.0695. The molecular formula is C19H22FNO4. The van der Waals surface area contributed by atoms with Crippen LogP contribution in [-0.2, 0) is 4.79 Å². The maximum atomic E-state index is 12.8. The van der Waals surface area contributed by atoms with Crippen LogP contribution in [0.4, 0.5) is 4.39 Å². The second-order valence-electron chi connectivity index (χ2n) is 5.29. The third-order valence-corrected chi connectivity index (χ3v) is 3.47. The number of hydrogen-bond acceptors (Lipinski definition) is 4. The minimum Gasteiger partial charge on any atom is -0.497 e. The molecule has 0 aliphatic carbocycles. The van der Waals surface area contributed by atoms with E-state index in [-0.39, 0.29) is 18.3 Å². The number of benzene rings is 2. The SMILES string of the molecule is CC[C@@H](Oc1cccc(OC)c1)C(=O)NCCOc1ccc(F)cc1. The minimum absolute atomic E-state index is 0.215. The van der Waals surface area contributed by atoms with Gasteiger partial charge < -0.3 is 19.5 Å². The molecular weight excluding hydrogens is 325 g/mol. The van der Waals surface area contributed by atoms with Crippen LogP contribution in [0, 0.1) is 5.82 Å². The van der Waals surface area contributed by atoms with E-state index < -0.39 is 6.10 Å². The molecule has 0 unspecified atom stereocenters. The summed E-state index contributed by atoms with van der Waals surface area (Å²) in [6.45, 7) is 2.49. The molecule has 2 aromatic carbocycles. The zero-order valence-corrected chi connectivity index (χ0v) is 14.3. The smallest absolute Gasteiger partial charge is 0.261 e. The average molecular weight is 347 g/mol. The molecule has 0 spiro atoms. The Hall–Kier alpha value is -2.76. The average Bonchev–Trinajstić information content (AvgIpc) is 2.64. The molecule has 2 rings (SSSR count). The topological polar surface area (TPSA) is 56.8 Å². The molecule has 1 atom stereocenters. The third kappa shape index (κ3) is 5.99.